The molecule has 8 nitrogen and oxygen atoms in total. The number of nitrogens with zero attached hydrogens (tertiary/aromatic N) is 2. The van der Waals surface area contributed by atoms with E-state index >= 15 is 0 Å². The second kappa shape index (κ2) is 9.75. The summed E-state index contributed by atoms with van der Waals surface area (Å²) in [6, 6.07) is 15.1. The number of hydrogen-bond acceptors (Lipinski definition) is 7. The Morgan fingerprint density at radius 3 is 2.38 bits per heavy atom. The van der Waals surface area contributed by atoms with Gasteiger partial charge < -0.3 is 4.74 Å². The Kier molecular flexibility index (Phi) is 6.94. The van der Waals surface area contributed by atoms with E-state index in [0.29, 0.717) is 10.6 Å². The second-order valence-corrected chi connectivity index (χ2v) is 11.1. The van der Waals surface area contributed by atoms with Gasteiger partial charge in [0.1, 0.15) is 0 Å². The number of ether oxygens (including phenoxy) is 1. The summed E-state index contributed by atoms with van der Waals surface area (Å²) in [6.45, 7) is 5.61. The molecule has 1 aromatic heterocycles. The number of aromatic nitrogens is 1. The van der Waals surface area contributed by atoms with Crippen LogP contribution in [0.5, 0.6) is 0 Å². The standard InChI is InChI=1S/C24H25N3O5S2/c1-15-13-27(14-16(2)32-15)34(30,31)20-11-7-10-19(12-20)23(29)26-24-25-21(22(33-24)17(3)28)18-8-5-4-6-9-18/h4-12,15-16H,13-14H2,1-3H3,(H,25,26,29)/t15-,16+. The number of rotatable bonds is 6. The average Bonchev–Trinajstić information content (AvgIpc) is 3.23. The van der Waals surface area contributed by atoms with Crippen LogP contribution in [0.1, 0.15) is 40.8 Å². The van der Waals surface area contributed by atoms with Crippen LogP contribution in [0.15, 0.2) is 59.5 Å². The molecule has 2 atom stereocenters. The molecule has 0 bridgehead atoms. The molecule has 2 aromatic carbocycles. The molecule has 178 valence electrons. The van der Waals surface area contributed by atoms with Crippen LogP contribution in [-0.4, -0.2) is 54.7 Å². The van der Waals surface area contributed by atoms with Gasteiger partial charge in [-0.1, -0.05) is 47.7 Å². The normalized spacial score (nSPS) is 19.0. The fourth-order valence-electron chi connectivity index (χ4n) is 3.85. The Bertz CT molecular complexity index is 1310. The minimum atomic E-state index is -3.79. The maximum absolute atomic E-state index is 13.2. The highest BCUT2D eigenvalue weighted by Crippen LogP contribution is 2.32. The van der Waals surface area contributed by atoms with Gasteiger partial charge in [0.25, 0.3) is 5.91 Å². The minimum Gasteiger partial charge on any atom is -0.373 e. The summed E-state index contributed by atoms with van der Waals surface area (Å²) in [5.41, 5.74) is 1.45. The van der Waals surface area contributed by atoms with Crippen molar-refractivity contribution in [2.75, 3.05) is 18.4 Å². The third-order valence-electron chi connectivity index (χ3n) is 5.33. The summed E-state index contributed by atoms with van der Waals surface area (Å²) in [7, 11) is -3.79. The molecular weight excluding hydrogens is 474 g/mol. The molecule has 10 heteroatoms. The highest BCUT2D eigenvalue weighted by molar-refractivity contribution is 7.89. The van der Waals surface area contributed by atoms with Crippen LogP contribution >= 0.6 is 11.3 Å². The second-order valence-electron chi connectivity index (χ2n) is 8.18. The smallest absolute Gasteiger partial charge is 0.257 e. The first-order chi connectivity index (χ1) is 16.1. The van der Waals surface area contributed by atoms with Crippen LogP contribution in [-0.2, 0) is 14.8 Å². The van der Waals surface area contributed by atoms with Gasteiger partial charge in [-0.2, -0.15) is 4.31 Å². The number of thiazole rings is 1. The van der Waals surface area contributed by atoms with Crippen LogP contribution in [0.3, 0.4) is 0 Å². The van der Waals surface area contributed by atoms with Gasteiger partial charge in [0.05, 0.1) is 27.7 Å². The summed E-state index contributed by atoms with van der Waals surface area (Å²) in [5.74, 6) is -0.664. The summed E-state index contributed by atoms with van der Waals surface area (Å²) in [6.07, 6.45) is -0.437. The quantitative estimate of drug-likeness (QED) is 0.513. The van der Waals surface area contributed by atoms with Gasteiger partial charge in [-0.25, -0.2) is 13.4 Å². The molecule has 1 saturated heterocycles. The van der Waals surface area contributed by atoms with Crippen LogP contribution in [0.25, 0.3) is 11.3 Å². The molecule has 1 aliphatic heterocycles. The number of amides is 1. The van der Waals surface area contributed by atoms with Gasteiger partial charge in [-0.05, 0) is 32.0 Å². The topological polar surface area (TPSA) is 106 Å². The molecule has 1 amide bonds. The van der Waals surface area contributed by atoms with Gasteiger partial charge in [-0.15, -0.1) is 0 Å². The van der Waals surface area contributed by atoms with Crippen molar-refractivity contribution in [1.82, 2.24) is 9.29 Å². The van der Waals surface area contributed by atoms with E-state index in [1.165, 1.54) is 35.5 Å². The zero-order chi connectivity index (χ0) is 24.5. The Morgan fingerprint density at radius 2 is 1.74 bits per heavy atom. The molecule has 1 fully saturated rings. The molecule has 0 saturated carbocycles. The maximum atomic E-state index is 13.2. The fraction of sp³-hybridized carbons (Fsp3) is 0.292. The average molecular weight is 500 g/mol. The van der Waals surface area contributed by atoms with Crippen LogP contribution in [0, 0.1) is 0 Å². The number of morpholine rings is 1. The van der Waals surface area contributed by atoms with Crippen LogP contribution < -0.4 is 5.32 Å². The summed E-state index contributed by atoms with van der Waals surface area (Å²) in [4.78, 5) is 30.0. The van der Waals surface area contributed by atoms with E-state index in [1.54, 1.807) is 0 Å². The van der Waals surface area contributed by atoms with Gasteiger partial charge in [-0.3, -0.25) is 14.9 Å². The van der Waals surface area contributed by atoms with Crippen molar-refractivity contribution in [2.45, 2.75) is 37.9 Å². The van der Waals surface area contributed by atoms with Crippen molar-refractivity contribution in [3.05, 3.63) is 65.0 Å². The van der Waals surface area contributed by atoms with E-state index in [4.69, 9.17) is 4.74 Å². The predicted octanol–water partition coefficient (Wildman–Crippen LogP) is 4.06. The molecule has 3 aromatic rings. The largest absolute Gasteiger partial charge is 0.373 e. The van der Waals surface area contributed by atoms with Crippen molar-refractivity contribution in [3.63, 3.8) is 0 Å². The number of anilines is 1. The molecule has 4 rings (SSSR count). The van der Waals surface area contributed by atoms with Gasteiger partial charge in [0.2, 0.25) is 10.0 Å². The van der Waals surface area contributed by atoms with E-state index in [0.717, 1.165) is 16.9 Å². The molecule has 0 radical (unpaired) electrons. The molecule has 2 heterocycles. The highest BCUT2D eigenvalue weighted by atomic mass is 32.2. The SMILES string of the molecule is CC(=O)c1sc(NC(=O)c2cccc(S(=O)(=O)N3C[C@@H](C)O[C@@H](C)C3)c2)nc1-c1ccccc1. The lowest BCUT2D eigenvalue weighted by molar-refractivity contribution is -0.0440. The van der Waals surface area contributed by atoms with E-state index in [9.17, 15) is 18.0 Å². The minimum absolute atomic E-state index is 0.0370. The molecule has 1 N–H and O–H groups in total. The first kappa shape index (κ1) is 24.2. The summed E-state index contributed by atoms with van der Waals surface area (Å²) >= 11 is 1.09. The van der Waals surface area contributed by atoms with Crippen molar-refractivity contribution in [2.24, 2.45) is 0 Å². The van der Waals surface area contributed by atoms with Crippen LogP contribution in [0.4, 0.5) is 5.13 Å². The number of carbonyl (C=O) groups excluding carboxylic acids is 2. The van der Waals surface area contributed by atoms with E-state index in [2.05, 4.69) is 10.3 Å². The maximum Gasteiger partial charge on any atom is 0.257 e. The monoisotopic (exact) mass is 499 g/mol. The number of hydrogen-bond donors (Lipinski definition) is 1. The Labute approximate surface area is 202 Å². The number of sulfonamides is 1. The summed E-state index contributed by atoms with van der Waals surface area (Å²) in [5, 5.41) is 2.97. The first-order valence-electron chi connectivity index (χ1n) is 10.8. The fourth-order valence-corrected chi connectivity index (χ4v) is 6.36. The lowest BCUT2D eigenvalue weighted by atomic mass is 10.1. The number of benzene rings is 2. The number of Topliss-reactive ketones (excluding diaryl/α,β-unsaturated/α-hetero) is 1. The van der Waals surface area contributed by atoms with E-state index in [1.807, 2.05) is 44.2 Å². The third kappa shape index (κ3) is 5.10. The van der Waals surface area contributed by atoms with Crippen molar-refractivity contribution in [1.29, 1.82) is 0 Å². The lowest BCUT2D eigenvalue weighted by Gasteiger charge is -2.34. The zero-order valence-corrected chi connectivity index (χ0v) is 20.7. The Hall–Kier alpha value is -2.92. The first-order valence-corrected chi connectivity index (χ1v) is 13.0. The van der Waals surface area contributed by atoms with Gasteiger partial charge in [0.15, 0.2) is 10.9 Å². The predicted molar refractivity (Wildman–Crippen MR) is 131 cm³/mol. The van der Waals surface area contributed by atoms with Gasteiger partial charge in [0, 0.05) is 31.1 Å². The lowest BCUT2D eigenvalue weighted by Crippen LogP contribution is -2.48. The molecule has 0 spiro atoms. The van der Waals surface area contributed by atoms with Gasteiger partial charge >= 0.3 is 0 Å². The van der Waals surface area contributed by atoms with Crippen molar-refractivity contribution in [3.8, 4) is 11.3 Å². The molecule has 34 heavy (non-hydrogen) atoms. The molecular formula is C24H25N3O5S2. The number of nitrogens with one attached hydrogen (secondary N) is 1. The molecule has 0 aliphatic carbocycles. The van der Waals surface area contributed by atoms with Crippen molar-refractivity contribution >= 4 is 38.2 Å². The number of carbonyl (C=O) groups is 2. The number of ketones is 1. The molecule has 0 unspecified atom stereocenters. The molecule has 1 aliphatic rings. The van der Waals surface area contributed by atoms with E-state index < -0.39 is 15.9 Å². The summed E-state index contributed by atoms with van der Waals surface area (Å²) < 4.78 is 33.4. The van der Waals surface area contributed by atoms with E-state index in [-0.39, 0.29) is 46.7 Å². The van der Waals surface area contributed by atoms with Crippen LogP contribution in [0.2, 0.25) is 0 Å². The zero-order valence-electron chi connectivity index (χ0n) is 19.0. The highest BCUT2D eigenvalue weighted by Gasteiger charge is 2.32. The Balaban J connectivity index is 1.58. The van der Waals surface area contributed by atoms with Crippen molar-refractivity contribution < 1.29 is 22.7 Å². The third-order valence-corrected chi connectivity index (χ3v) is 8.23. The Morgan fingerprint density at radius 1 is 1.06 bits per heavy atom.